The molecule has 0 spiro atoms. The number of aliphatic hydroxyl groups is 1. The fourth-order valence-electron chi connectivity index (χ4n) is 2.52. The molecule has 1 aromatic rings. The maximum absolute atomic E-state index is 9.91. The van der Waals surface area contributed by atoms with Gasteiger partial charge in [0.2, 0.25) is 0 Å². The van der Waals surface area contributed by atoms with E-state index in [1.807, 2.05) is 12.1 Å². The van der Waals surface area contributed by atoms with Gasteiger partial charge in [-0.25, -0.2) is 0 Å². The Morgan fingerprint density at radius 3 is 2.50 bits per heavy atom. The Morgan fingerprint density at radius 2 is 1.94 bits per heavy atom. The van der Waals surface area contributed by atoms with Gasteiger partial charge in [0.25, 0.3) is 0 Å². The molecule has 3 unspecified atom stereocenters. The smallest absolute Gasteiger partial charge is 0.0782 e. The van der Waals surface area contributed by atoms with Gasteiger partial charge in [0.15, 0.2) is 0 Å². The Morgan fingerprint density at radius 1 is 1.33 bits per heavy atom. The summed E-state index contributed by atoms with van der Waals surface area (Å²) in [7, 11) is 0. The Kier molecular flexibility index (Phi) is 4.30. The first-order valence-corrected chi connectivity index (χ1v) is 7.14. The molecule has 1 saturated heterocycles. The predicted molar refractivity (Wildman–Crippen MR) is 77.0 cm³/mol. The van der Waals surface area contributed by atoms with Gasteiger partial charge in [-0.1, -0.05) is 15.9 Å². The summed E-state index contributed by atoms with van der Waals surface area (Å²) in [5.41, 5.74) is 2.07. The van der Waals surface area contributed by atoms with Crippen molar-refractivity contribution in [2.75, 3.05) is 18.0 Å². The number of hydrogen-bond donors (Lipinski definition) is 1. The van der Waals surface area contributed by atoms with Crippen LogP contribution in [0.1, 0.15) is 32.4 Å². The fourth-order valence-corrected chi connectivity index (χ4v) is 2.90. The Hall–Kier alpha value is -0.580. The van der Waals surface area contributed by atoms with Gasteiger partial charge in [0.1, 0.15) is 0 Å². The number of ether oxygens (including phenoxy) is 1. The summed E-state index contributed by atoms with van der Waals surface area (Å²) in [6, 6.07) is 6.08. The minimum Gasteiger partial charge on any atom is -0.389 e. The van der Waals surface area contributed by atoms with Crippen molar-refractivity contribution < 1.29 is 9.84 Å². The van der Waals surface area contributed by atoms with Gasteiger partial charge in [0, 0.05) is 28.8 Å². The second-order valence-corrected chi connectivity index (χ2v) is 5.96. The number of anilines is 1. The average Bonchev–Trinajstić information content (AvgIpc) is 2.27. The summed E-state index contributed by atoms with van der Waals surface area (Å²) in [6.45, 7) is 7.71. The molecular weight excluding hydrogens is 294 g/mol. The third-order valence-electron chi connectivity index (χ3n) is 3.20. The molecule has 100 valence electrons. The molecule has 0 radical (unpaired) electrons. The maximum Gasteiger partial charge on any atom is 0.0782 e. The van der Waals surface area contributed by atoms with Crippen LogP contribution in [-0.2, 0) is 4.74 Å². The van der Waals surface area contributed by atoms with Gasteiger partial charge in [-0.15, -0.1) is 0 Å². The number of nitrogens with zero attached hydrogens (tertiary/aromatic N) is 1. The molecule has 18 heavy (non-hydrogen) atoms. The molecule has 1 aliphatic heterocycles. The SMILES string of the molecule is CC1CN(c2ccc(Br)cc2C(C)O)CC(C)O1. The van der Waals surface area contributed by atoms with Crippen molar-refractivity contribution in [1.29, 1.82) is 0 Å². The van der Waals surface area contributed by atoms with Gasteiger partial charge >= 0.3 is 0 Å². The van der Waals surface area contributed by atoms with Crippen LogP contribution in [0.25, 0.3) is 0 Å². The molecule has 1 aromatic carbocycles. The Labute approximate surface area is 117 Å². The fraction of sp³-hybridized carbons (Fsp3) is 0.571. The van der Waals surface area contributed by atoms with Crippen LogP contribution in [0.2, 0.25) is 0 Å². The highest BCUT2D eigenvalue weighted by molar-refractivity contribution is 9.10. The van der Waals surface area contributed by atoms with Crippen LogP contribution in [0.15, 0.2) is 22.7 Å². The summed E-state index contributed by atoms with van der Waals surface area (Å²) in [5.74, 6) is 0. The second-order valence-electron chi connectivity index (χ2n) is 5.04. The summed E-state index contributed by atoms with van der Waals surface area (Å²) in [6.07, 6.45) is -0.0237. The zero-order valence-electron chi connectivity index (χ0n) is 11.1. The molecule has 0 aliphatic carbocycles. The number of rotatable bonds is 2. The van der Waals surface area contributed by atoms with Crippen molar-refractivity contribution in [2.45, 2.75) is 39.1 Å². The summed E-state index contributed by atoms with van der Waals surface area (Å²) in [4.78, 5) is 2.30. The van der Waals surface area contributed by atoms with Gasteiger partial charge in [-0.05, 0) is 39.0 Å². The highest BCUT2D eigenvalue weighted by atomic mass is 79.9. The van der Waals surface area contributed by atoms with E-state index in [-0.39, 0.29) is 12.2 Å². The Bertz CT molecular complexity index is 412. The topological polar surface area (TPSA) is 32.7 Å². The molecule has 1 fully saturated rings. The molecular formula is C14H20BrNO2. The first-order valence-electron chi connectivity index (χ1n) is 6.35. The third-order valence-corrected chi connectivity index (χ3v) is 3.69. The van der Waals surface area contributed by atoms with Crippen LogP contribution in [0, 0.1) is 0 Å². The Balaban J connectivity index is 2.32. The lowest BCUT2D eigenvalue weighted by atomic mass is 10.1. The lowest BCUT2D eigenvalue weighted by Gasteiger charge is -2.38. The largest absolute Gasteiger partial charge is 0.389 e. The lowest BCUT2D eigenvalue weighted by Crippen LogP contribution is -2.45. The minimum absolute atomic E-state index is 0.222. The highest BCUT2D eigenvalue weighted by Gasteiger charge is 2.24. The highest BCUT2D eigenvalue weighted by Crippen LogP contribution is 2.31. The van der Waals surface area contributed by atoms with Crippen molar-refractivity contribution >= 4 is 21.6 Å². The summed E-state index contributed by atoms with van der Waals surface area (Å²) < 4.78 is 6.75. The number of morpholine rings is 1. The molecule has 1 N–H and O–H groups in total. The molecule has 0 bridgehead atoms. The molecule has 3 nitrogen and oxygen atoms in total. The van der Waals surface area contributed by atoms with Gasteiger partial charge < -0.3 is 14.7 Å². The lowest BCUT2D eigenvalue weighted by molar-refractivity contribution is -0.00538. The monoisotopic (exact) mass is 313 g/mol. The van der Waals surface area contributed by atoms with E-state index in [9.17, 15) is 5.11 Å². The minimum atomic E-state index is -0.467. The molecule has 0 amide bonds. The number of benzene rings is 1. The zero-order chi connectivity index (χ0) is 13.3. The molecule has 1 heterocycles. The number of aliphatic hydroxyl groups excluding tert-OH is 1. The van der Waals surface area contributed by atoms with Crippen molar-refractivity contribution in [2.24, 2.45) is 0 Å². The van der Waals surface area contributed by atoms with E-state index in [4.69, 9.17) is 4.74 Å². The van der Waals surface area contributed by atoms with E-state index in [0.29, 0.717) is 0 Å². The summed E-state index contributed by atoms with van der Waals surface area (Å²) in [5, 5.41) is 9.91. The third kappa shape index (κ3) is 3.05. The molecule has 4 heteroatoms. The van der Waals surface area contributed by atoms with Crippen LogP contribution < -0.4 is 4.90 Å². The predicted octanol–water partition coefficient (Wildman–Crippen LogP) is 3.12. The van der Waals surface area contributed by atoms with Crippen molar-refractivity contribution in [1.82, 2.24) is 0 Å². The molecule has 3 atom stereocenters. The average molecular weight is 314 g/mol. The molecule has 1 aliphatic rings. The molecule has 0 aromatic heterocycles. The van der Waals surface area contributed by atoms with Crippen LogP contribution in [-0.4, -0.2) is 30.4 Å². The van der Waals surface area contributed by atoms with Crippen LogP contribution in [0.3, 0.4) is 0 Å². The van der Waals surface area contributed by atoms with Crippen molar-refractivity contribution in [3.05, 3.63) is 28.2 Å². The van der Waals surface area contributed by atoms with Crippen molar-refractivity contribution in [3.8, 4) is 0 Å². The number of hydrogen-bond acceptors (Lipinski definition) is 3. The number of halogens is 1. The van der Waals surface area contributed by atoms with E-state index >= 15 is 0 Å². The maximum atomic E-state index is 9.91. The summed E-state index contributed by atoms with van der Waals surface area (Å²) >= 11 is 3.46. The second kappa shape index (κ2) is 5.59. The van der Waals surface area contributed by atoms with E-state index in [2.05, 4.69) is 40.7 Å². The van der Waals surface area contributed by atoms with Gasteiger partial charge in [-0.2, -0.15) is 0 Å². The van der Waals surface area contributed by atoms with Crippen LogP contribution in [0.5, 0.6) is 0 Å². The van der Waals surface area contributed by atoms with Gasteiger partial charge in [0.05, 0.1) is 18.3 Å². The molecule has 0 saturated carbocycles. The van der Waals surface area contributed by atoms with E-state index in [1.165, 1.54) is 0 Å². The van der Waals surface area contributed by atoms with Crippen LogP contribution in [0.4, 0.5) is 5.69 Å². The standard InChI is InChI=1S/C14H20BrNO2/c1-9-7-16(8-10(2)18-9)14-5-4-12(15)6-13(14)11(3)17/h4-6,9-11,17H,7-8H2,1-3H3. The quantitative estimate of drug-likeness (QED) is 0.910. The zero-order valence-corrected chi connectivity index (χ0v) is 12.6. The van der Waals surface area contributed by atoms with E-state index < -0.39 is 6.10 Å². The first-order chi connectivity index (χ1) is 8.47. The van der Waals surface area contributed by atoms with Crippen molar-refractivity contribution in [3.63, 3.8) is 0 Å². The van der Waals surface area contributed by atoms with E-state index in [0.717, 1.165) is 28.8 Å². The van der Waals surface area contributed by atoms with E-state index in [1.54, 1.807) is 6.92 Å². The molecule has 2 rings (SSSR count). The van der Waals surface area contributed by atoms with Gasteiger partial charge in [-0.3, -0.25) is 0 Å². The normalized spacial score (nSPS) is 26.2. The first kappa shape index (κ1) is 13.8. The van der Waals surface area contributed by atoms with Crippen LogP contribution >= 0.6 is 15.9 Å².